The maximum atomic E-state index is 13.0. The van der Waals surface area contributed by atoms with E-state index in [0.717, 1.165) is 25.7 Å². The summed E-state index contributed by atoms with van der Waals surface area (Å²) in [7, 11) is 0. The summed E-state index contributed by atoms with van der Waals surface area (Å²) in [5.41, 5.74) is 4.74. The predicted octanol–water partition coefficient (Wildman–Crippen LogP) is 3.90. The Morgan fingerprint density at radius 3 is 2.76 bits per heavy atom. The molecule has 2 aromatic rings. The summed E-state index contributed by atoms with van der Waals surface area (Å²) >= 11 is 0. The molecule has 29 heavy (non-hydrogen) atoms. The van der Waals surface area contributed by atoms with Gasteiger partial charge in [-0.15, -0.1) is 0 Å². The van der Waals surface area contributed by atoms with Gasteiger partial charge in [0.2, 0.25) is 0 Å². The molecule has 5 nitrogen and oxygen atoms in total. The van der Waals surface area contributed by atoms with Crippen LogP contribution in [0.4, 0.5) is 0 Å². The fraction of sp³-hybridized carbons (Fsp3) is 0.375. The lowest BCUT2D eigenvalue weighted by Crippen LogP contribution is -2.36. The summed E-state index contributed by atoms with van der Waals surface area (Å²) in [4.78, 5) is 31.5. The van der Waals surface area contributed by atoms with Gasteiger partial charge in [0.1, 0.15) is 5.69 Å². The number of aromatic nitrogens is 1. The molecule has 0 fully saturated rings. The minimum absolute atomic E-state index is 0.0525. The SMILES string of the molecule is O=C(NCCC1=CCCCC1)c1cc(C(=O)N2CCc3ccccc3C2)ccn1. The molecule has 1 aliphatic heterocycles. The first-order valence-electron chi connectivity index (χ1n) is 10.5. The van der Waals surface area contributed by atoms with E-state index in [9.17, 15) is 9.59 Å². The van der Waals surface area contributed by atoms with Crippen LogP contribution in [-0.4, -0.2) is 34.8 Å². The summed E-state index contributed by atoms with van der Waals surface area (Å²) in [5, 5.41) is 2.94. The second kappa shape index (κ2) is 9.03. The number of allylic oxidation sites excluding steroid dienone is 1. The highest BCUT2D eigenvalue weighted by Crippen LogP contribution is 2.21. The van der Waals surface area contributed by atoms with Gasteiger partial charge in [0, 0.05) is 31.4 Å². The second-order valence-electron chi connectivity index (χ2n) is 7.79. The summed E-state index contributed by atoms with van der Waals surface area (Å²) in [6.07, 6.45) is 10.4. The van der Waals surface area contributed by atoms with E-state index in [4.69, 9.17) is 0 Å². The molecular formula is C24H27N3O2. The van der Waals surface area contributed by atoms with Crippen LogP contribution in [0.2, 0.25) is 0 Å². The standard InChI is InChI=1S/C24H27N3O2/c28-23(26-13-10-18-6-2-1-3-7-18)22-16-20(11-14-25-22)24(29)27-15-12-19-8-4-5-9-21(19)17-27/h4-6,8-9,11,14,16H,1-3,7,10,12-13,15,17H2,(H,26,28). The summed E-state index contributed by atoms with van der Waals surface area (Å²) in [6.45, 7) is 1.90. The molecule has 0 saturated carbocycles. The van der Waals surface area contributed by atoms with Gasteiger partial charge in [-0.1, -0.05) is 35.9 Å². The Balaban J connectivity index is 1.37. The number of fused-ring (bicyclic) bond motifs is 1. The Hall–Kier alpha value is -2.95. The van der Waals surface area contributed by atoms with Crippen molar-refractivity contribution in [3.8, 4) is 0 Å². The third-order valence-corrected chi connectivity index (χ3v) is 5.77. The van der Waals surface area contributed by atoms with Gasteiger partial charge in [0.05, 0.1) is 0 Å². The Labute approximate surface area is 171 Å². The number of amides is 2. The zero-order valence-electron chi connectivity index (χ0n) is 16.7. The fourth-order valence-electron chi connectivity index (χ4n) is 4.10. The van der Waals surface area contributed by atoms with Gasteiger partial charge in [0.25, 0.3) is 11.8 Å². The van der Waals surface area contributed by atoms with E-state index < -0.39 is 0 Å². The molecule has 2 amide bonds. The lowest BCUT2D eigenvalue weighted by Gasteiger charge is -2.29. The monoisotopic (exact) mass is 389 g/mol. The Bertz CT molecular complexity index is 935. The molecule has 150 valence electrons. The molecule has 0 unspecified atom stereocenters. The van der Waals surface area contributed by atoms with Crippen molar-refractivity contribution in [1.29, 1.82) is 0 Å². The van der Waals surface area contributed by atoms with Crippen LogP contribution in [0, 0.1) is 0 Å². The molecule has 1 aromatic carbocycles. The van der Waals surface area contributed by atoms with Crippen LogP contribution in [0.3, 0.4) is 0 Å². The Kier molecular flexibility index (Phi) is 6.03. The Morgan fingerprint density at radius 2 is 1.93 bits per heavy atom. The molecule has 1 aromatic heterocycles. The largest absolute Gasteiger partial charge is 0.350 e. The van der Waals surface area contributed by atoms with Gasteiger partial charge in [-0.25, -0.2) is 0 Å². The summed E-state index contributed by atoms with van der Waals surface area (Å²) < 4.78 is 0. The first kappa shape index (κ1) is 19.4. The number of nitrogens with zero attached hydrogens (tertiary/aromatic N) is 2. The molecule has 0 radical (unpaired) electrons. The normalized spacial score (nSPS) is 16.0. The van der Waals surface area contributed by atoms with Crippen molar-refractivity contribution in [3.63, 3.8) is 0 Å². The number of benzene rings is 1. The van der Waals surface area contributed by atoms with Gasteiger partial charge in [-0.2, -0.15) is 0 Å². The molecule has 2 heterocycles. The van der Waals surface area contributed by atoms with Gasteiger partial charge >= 0.3 is 0 Å². The average molecular weight is 389 g/mol. The van der Waals surface area contributed by atoms with Crippen LogP contribution >= 0.6 is 0 Å². The van der Waals surface area contributed by atoms with Crippen molar-refractivity contribution in [2.24, 2.45) is 0 Å². The average Bonchev–Trinajstić information content (AvgIpc) is 2.79. The van der Waals surface area contributed by atoms with Crippen molar-refractivity contribution in [2.45, 2.75) is 45.1 Å². The van der Waals surface area contributed by atoms with Gasteiger partial charge in [-0.3, -0.25) is 14.6 Å². The minimum Gasteiger partial charge on any atom is -0.350 e. The molecule has 0 saturated heterocycles. The molecule has 1 aliphatic carbocycles. The Morgan fingerprint density at radius 1 is 1.07 bits per heavy atom. The molecule has 1 N–H and O–H groups in total. The van der Waals surface area contributed by atoms with E-state index in [-0.39, 0.29) is 11.8 Å². The molecule has 5 heteroatoms. The van der Waals surface area contributed by atoms with Crippen LogP contribution in [0.25, 0.3) is 0 Å². The van der Waals surface area contributed by atoms with Crippen LogP contribution in [-0.2, 0) is 13.0 Å². The van der Waals surface area contributed by atoms with Gasteiger partial charge in [-0.05, 0) is 61.8 Å². The highest BCUT2D eigenvalue weighted by Gasteiger charge is 2.22. The lowest BCUT2D eigenvalue weighted by molar-refractivity contribution is 0.0734. The maximum absolute atomic E-state index is 13.0. The molecule has 4 rings (SSSR count). The van der Waals surface area contributed by atoms with Crippen molar-refractivity contribution in [3.05, 3.63) is 76.6 Å². The number of carbonyl (C=O) groups is 2. The number of nitrogens with one attached hydrogen (secondary N) is 1. The van der Waals surface area contributed by atoms with Crippen LogP contribution in [0.1, 0.15) is 64.1 Å². The third-order valence-electron chi connectivity index (χ3n) is 5.77. The van der Waals surface area contributed by atoms with Crippen molar-refractivity contribution >= 4 is 11.8 Å². The second-order valence-corrected chi connectivity index (χ2v) is 7.79. The van der Waals surface area contributed by atoms with E-state index >= 15 is 0 Å². The molecule has 2 aliphatic rings. The van der Waals surface area contributed by atoms with Crippen LogP contribution in [0.5, 0.6) is 0 Å². The van der Waals surface area contributed by atoms with Crippen molar-refractivity contribution in [1.82, 2.24) is 15.2 Å². The summed E-state index contributed by atoms with van der Waals surface area (Å²) in [6, 6.07) is 11.5. The fourth-order valence-corrected chi connectivity index (χ4v) is 4.10. The molecule has 0 bridgehead atoms. The molecule has 0 atom stereocenters. The predicted molar refractivity (Wildman–Crippen MR) is 113 cm³/mol. The zero-order chi connectivity index (χ0) is 20.1. The number of hydrogen-bond acceptors (Lipinski definition) is 3. The van der Waals surface area contributed by atoms with E-state index in [0.29, 0.717) is 30.9 Å². The smallest absolute Gasteiger partial charge is 0.269 e. The lowest BCUT2D eigenvalue weighted by atomic mass is 9.97. The highest BCUT2D eigenvalue weighted by atomic mass is 16.2. The number of carbonyl (C=O) groups excluding carboxylic acids is 2. The minimum atomic E-state index is -0.222. The van der Waals surface area contributed by atoms with E-state index in [1.807, 2.05) is 17.0 Å². The van der Waals surface area contributed by atoms with E-state index in [2.05, 4.69) is 28.5 Å². The number of pyridine rings is 1. The van der Waals surface area contributed by atoms with Crippen LogP contribution in [0.15, 0.2) is 54.2 Å². The van der Waals surface area contributed by atoms with Crippen LogP contribution < -0.4 is 5.32 Å². The van der Waals surface area contributed by atoms with Crippen molar-refractivity contribution < 1.29 is 9.59 Å². The topological polar surface area (TPSA) is 62.3 Å². The quantitative estimate of drug-likeness (QED) is 0.789. The molecular weight excluding hydrogens is 362 g/mol. The van der Waals surface area contributed by atoms with Gasteiger partial charge < -0.3 is 10.2 Å². The summed E-state index contributed by atoms with van der Waals surface area (Å²) in [5.74, 6) is -0.275. The van der Waals surface area contributed by atoms with E-state index in [1.165, 1.54) is 29.5 Å². The number of rotatable bonds is 5. The molecule has 0 spiro atoms. The highest BCUT2D eigenvalue weighted by molar-refractivity contribution is 5.98. The first-order chi connectivity index (χ1) is 14.2. The van der Waals surface area contributed by atoms with Crippen molar-refractivity contribution in [2.75, 3.05) is 13.1 Å². The third kappa shape index (κ3) is 4.73. The zero-order valence-corrected chi connectivity index (χ0v) is 16.7. The number of hydrogen-bond donors (Lipinski definition) is 1. The van der Waals surface area contributed by atoms with Gasteiger partial charge in [0.15, 0.2) is 0 Å². The van der Waals surface area contributed by atoms with E-state index in [1.54, 1.807) is 18.3 Å². The maximum Gasteiger partial charge on any atom is 0.269 e. The first-order valence-corrected chi connectivity index (χ1v) is 10.5.